The van der Waals surface area contributed by atoms with Crippen molar-refractivity contribution in [2.24, 2.45) is 0 Å². The van der Waals surface area contributed by atoms with Crippen LogP contribution in [0.4, 0.5) is 0 Å². The van der Waals surface area contributed by atoms with Crippen LogP contribution in [0.3, 0.4) is 0 Å². The largest absolute Gasteiger partial charge is 0.452 e. The topological polar surface area (TPSA) is 78.1 Å². The summed E-state index contributed by atoms with van der Waals surface area (Å²) >= 11 is 0. The van der Waals surface area contributed by atoms with Crippen LogP contribution in [0.1, 0.15) is 0 Å². The van der Waals surface area contributed by atoms with E-state index in [0.29, 0.717) is 11.8 Å². The summed E-state index contributed by atoms with van der Waals surface area (Å²) in [4.78, 5) is 12.6. The molecule has 3 heterocycles. The first-order valence-corrected chi connectivity index (χ1v) is 9.01. The van der Waals surface area contributed by atoms with Crippen molar-refractivity contribution in [2.45, 2.75) is 0 Å². The van der Waals surface area contributed by atoms with Gasteiger partial charge in [-0.3, -0.25) is 0 Å². The quantitative estimate of drug-likeness (QED) is 0.367. The molecule has 0 aliphatic rings. The Kier molecular flexibility index (Phi) is 4.35. The van der Waals surface area contributed by atoms with Gasteiger partial charge in [0.15, 0.2) is 17.6 Å². The molecule has 29 heavy (non-hydrogen) atoms. The number of oxazole rings is 3. The second-order valence-electron chi connectivity index (χ2n) is 6.23. The highest BCUT2D eigenvalue weighted by Crippen LogP contribution is 2.28. The molecule has 0 saturated carbocycles. The Morgan fingerprint density at radius 2 is 1.10 bits per heavy atom. The van der Waals surface area contributed by atoms with Gasteiger partial charge in [0.1, 0.15) is 17.3 Å². The summed E-state index contributed by atoms with van der Waals surface area (Å²) < 4.78 is 16.1. The van der Waals surface area contributed by atoms with E-state index in [0.717, 1.165) is 33.3 Å². The third-order valence-electron chi connectivity index (χ3n) is 4.31. The van der Waals surface area contributed by atoms with Gasteiger partial charge < -0.3 is 13.3 Å². The second-order valence-corrected chi connectivity index (χ2v) is 6.23. The molecule has 6 heteroatoms. The molecule has 0 unspecified atom stereocenters. The van der Waals surface area contributed by atoms with Gasteiger partial charge in [-0.25, -0.2) is 15.0 Å². The molecule has 0 fully saturated rings. The molecule has 140 valence electrons. The summed E-state index contributed by atoms with van der Waals surface area (Å²) in [7, 11) is 0. The Labute approximate surface area is 165 Å². The molecule has 0 N–H and O–H groups in total. The molecule has 0 amide bonds. The van der Waals surface area contributed by atoms with Crippen LogP contribution in [-0.2, 0) is 0 Å². The van der Waals surface area contributed by atoms with E-state index in [1.54, 1.807) is 6.20 Å². The van der Waals surface area contributed by atoms with Gasteiger partial charge in [-0.05, 0) is 48.5 Å². The van der Waals surface area contributed by atoms with Gasteiger partial charge in [-0.15, -0.1) is 0 Å². The summed E-state index contributed by atoms with van der Waals surface area (Å²) in [5, 5.41) is 0. The monoisotopic (exact) mass is 381 g/mol. The molecule has 0 aliphatic heterocycles. The summed E-state index contributed by atoms with van der Waals surface area (Å²) in [5.74, 6) is 1.22. The fourth-order valence-corrected chi connectivity index (χ4v) is 2.92. The van der Waals surface area contributed by atoms with E-state index in [4.69, 9.17) is 8.83 Å². The van der Waals surface area contributed by atoms with Gasteiger partial charge in [0, 0.05) is 11.1 Å². The van der Waals surface area contributed by atoms with E-state index >= 15 is 0 Å². The van der Waals surface area contributed by atoms with Crippen molar-refractivity contribution < 1.29 is 13.3 Å². The van der Waals surface area contributed by atoms with Crippen LogP contribution < -0.4 is 0 Å². The Morgan fingerprint density at radius 3 is 1.48 bits per heavy atom. The lowest BCUT2D eigenvalue weighted by atomic mass is 10.1. The number of aromatic nitrogens is 3. The van der Waals surface area contributed by atoms with Gasteiger partial charge in [0.25, 0.3) is 0 Å². The maximum absolute atomic E-state index is 5.80. The van der Waals surface area contributed by atoms with Gasteiger partial charge >= 0.3 is 0 Å². The Hall–Kier alpha value is -4.19. The van der Waals surface area contributed by atoms with Crippen LogP contribution in [0.25, 0.3) is 45.1 Å². The average Bonchev–Trinajstić information content (AvgIpc) is 3.55. The minimum atomic E-state index is 0.611. The molecule has 0 saturated heterocycles. The lowest BCUT2D eigenvalue weighted by Crippen LogP contribution is -1.80. The SMILES string of the molecule is c1ccc2oc(-c3ccc(-c4nc5ccccc5o4)cc3)nc2c1.c1cocn1. The highest BCUT2D eigenvalue weighted by molar-refractivity contribution is 5.78. The van der Waals surface area contributed by atoms with Gasteiger partial charge in [0.2, 0.25) is 11.8 Å². The molecule has 3 aromatic carbocycles. The zero-order chi connectivity index (χ0) is 19.5. The van der Waals surface area contributed by atoms with Crippen LogP contribution in [0.15, 0.2) is 105 Å². The third-order valence-corrected chi connectivity index (χ3v) is 4.31. The average molecular weight is 381 g/mol. The molecular weight excluding hydrogens is 366 g/mol. The first-order valence-electron chi connectivity index (χ1n) is 9.01. The first-order chi connectivity index (χ1) is 14.4. The summed E-state index contributed by atoms with van der Waals surface area (Å²) in [6, 6.07) is 23.4. The number of benzene rings is 3. The molecule has 0 aliphatic carbocycles. The smallest absolute Gasteiger partial charge is 0.227 e. The first kappa shape index (κ1) is 16.9. The van der Waals surface area contributed by atoms with Crippen molar-refractivity contribution in [3.05, 3.63) is 91.7 Å². The molecule has 3 aromatic heterocycles. The summed E-state index contributed by atoms with van der Waals surface area (Å²) in [6.07, 6.45) is 4.47. The van der Waals surface area contributed by atoms with E-state index in [2.05, 4.69) is 19.4 Å². The number of rotatable bonds is 2. The molecule has 0 radical (unpaired) electrons. The maximum atomic E-state index is 5.80. The molecule has 6 aromatic rings. The molecular formula is C23H15N3O3. The third kappa shape index (κ3) is 3.51. The fourth-order valence-electron chi connectivity index (χ4n) is 2.92. The summed E-state index contributed by atoms with van der Waals surface area (Å²) in [6.45, 7) is 0. The number of hydrogen-bond donors (Lipinski definition) is 0. The van der Waals surface area contributed by atoms with Gasteiger partial charge in [0.05, 0.1) is 6.20 Å². The minimum absolute atomic E-state index is 0.611. The number of para-hydroxylation sites is 4. The lowest BCUT2D eigenvalue weighted by Gasteiger charge is -1.97. The van der Waals surface area contributed by atoms with Crippen LogP contribution in [0.2, 0.25) is 0 Å². The molecule has 0 atom stereocenters. The lowest BCUT2D eigenvalue weighted by molar-refractivity contribution is 0.558. The van der Waals surface area contributed by atoms with E-state index in [1.807, 2.05) is 72.8 Å². The highest BCUT2D eigenvalue weighted by atomic mass is 16.4. The van der Waals surface area contributed by atoms with Crippen molar-refractivity contribution in [2.75, 3.05) is 0 Å². The normalized spacial score (nSPS) is 10.8. The second kappa shape index (κ2) is 7.44. The number of fused-ring (bicyclic) bond motifs is 2. The predicted octanol–water partition coefficient (Wildman–Crippen LogP) is 5.98. The van der Waals surface area contributed by atoms with E-state index in [1.165, 1.54) is 12.7 Å². The predicted molar refractivity (Wildman–Crippen MR) is 109 cm³/mol. The standard InChI is InChI=1S/C20H12N2O2.C3H3NO/c1-3-7-17-15(5-1)21-19(23-17)13-9-11-14(12-10-13)20-22-16-6-2-4-8-18(16)24-20;1-2-5-3-4-1/h1-12H;1-3H. The molecule has 6 nitrogen and oxygen atoms in total. The maximum Gasteiger partial charge on any atom is 0.227 e. The molecule has 0 spiro atoms. The Balaban J connectivity index is 0.000000319. The van der Waals surface area contributed by atoms with Crippen molar-refractivity contribution in [3.63, 3.8) is 0 Å². The van der Waals surface area contributed by atoms with Gasteiger partial charge in [-0.1, -0.05) is 24.3 Å². The summed E-state index contributed by atoms with van der Waals surface area (Å²) in [5.41, 5.74) is 5.13. The van der Waals surface area contributed by atoms with E-state index < -0.39 is 0 Å². The van der Waals surface area contributed by atoms with Crippen molar-refractivity contribution in [1.82, 2.24) is 15.0 Å². The van der Waals surface area contributed by atoms with Crippen LogP contribution in [0.5, 0.6) is 0 Å². The Morgan fingerprint density at radius 1 is 0.586 bits per heavy atom. The zero-order valence-corrected chi connectivity index (χ0v) is 15.2. The fraction of sp³-hybridized carbons (Fsp3) is 0. The van der Waals surface area contributed by atoms with Crippen molar-refractivity contribution in [3.8, 4) is 22.9 Å². The van der Waals surface area contributed by atoms with Crippen LogP contribution in [-0.4, -0.2) is 15.0 Å². The van der Waals surface area contributed by atoms with Crippen LogP contribution >= 0.6 is 0 Å². The van der Waals surface area contributed by atoms with Crippen molar-refractivity contribution in [1.29, 1.82) is 0 Å². The minimum Gasteiger partial charge on any atom is -0.452 e. The zero-order valence-electron chi connectivity index (χ0n) is 15.2. The molecule has 6 rings (SSSR count). The number of nitrogens with zero attached hydrogens (tertiary/aromatic N) is 3. The van der Waals surface area contributed by atoms with E-state index in [9.17, 15) is 0 Å². The van der Waals surface area contributed by atoms with Crippen molar-refractivity contribution >= 4 is 22.2 Å². The molecule has 0 bridgehead atoms. The highest BCUT2D eigenvalue weighted by Gasteiger charge is 2.10. The Bertz CT molecular complexity index is 1170. The number of hydrogen-bond acceptors (Lipinski definition) is 6. The van der Waals surface area contributed by atoms with E-state index in [-0.39, 0.29) is 0 Å². The van der Waals surface area contributed by atoms with Gasteiger partial charge in [-0.2, -0.15) is 0 Å². The van der Waals surface area contributed by atoms with Crippen LogP contribution in [0, 0.1) is 0 Å².